The van der Waals surface area contributed by atoms with Gasteiger partial charge in [-0.3, -0.25) is 15.0 Å². The summed E-state index contributed by atoms with van der Waals surface area (Å²) in [5.41, 5.74) is 10.4. The van der Waals surface area contributed by atoms with Crippen LogP contribution < -0.4 is 0 Å². The highest BCUT2D eigenvalue weighted by Crippen LogP contribution is 2.73. The Hall–Kier alpha value is -5.67. The molecule has 3 heterocycles. The molecule has 4 unspecified atom stereocenters. The molecule has 0 spiro atoms. The van der Waals surface area contributed by atoms with Crippen molar-refractivity contribution in [3.05, 3.63) is 186 Å². The van der Waals surface area contributed by atoms with Crippen LogP contribution in [0.5, 0.6) is 0 Å². The van der Waals surface area contributed by atoms with Crippen molar-refractivity contribution in [3.63, 3.8) is 0 Å². The van der Waals surface area contributed by atoms with Crippen LogP contribution in [0.4, 0.5) is 0 Å². The second kappa shape index (κ2) is 17.9. The second-order valence-corrected chi connectivity index (χ2v) is 21.5. The molecule has 5 aliphatic rings. The molecular weight excluding hydrogens is 799 g/mol. The van der Waals surface area contributed by atoms with E-state index in [0.717, 1.165) is 132 Å². The van der Waals surface area contributed by atoms with Gasteiger partial charge in [0, 0.05) is 42.1 Å². The Morgan fingerprint density at radius 2 is 1.02 bits per heavy atom. The summed E-state index contributed by atoms with van der Waals surface area (Å²) in [6, 6.07) is 49.7. The van der Waals surface area contributed by atoms with Gasteiger partial charge in [0.1, 0.15) is 0 Å². The molecule has 3 aromatic heterocycles. The summed E-state index contributed by atoms with van der Waals surface area (Å²) in [4.78, 5) is 14.8. The summed E-state index contributed by atoms with van der Waals surface area (Å²) in [5, 5.41) is 0. The third-order valence-corrected chi connectivity index (χ3v) is 16.1. The molecule has 5 fully saturated rings. The Bertz CT molecular complexity index is 2970. The molecule has 0 saturated heterocycles. The van der Waals surface area contributed by atoms with Gasteiger partial charge in [0.25, 0.3) is 0 Å². The lowest BCUT2D eigenvalue weighted by Crippen LogP contribution is -2.57. The monoisotopic (exact) mass is 871 g/mol. The topological polar surface area (TPSA) is 38.7 Å². The van der Waals surface area contributed by atoms with Crippen LogP contribution >= 0.6 is 0 Å². The average molecular weight is 871 g/mol. The molecule has 0 aliphatic heterocycles. The van der Waals surface area contributed by atoms with Gasteiger partial charge in [-0.15, -0.1) is 0 Å². The summed E-state index contributed by atoms with van der Waals surface area (Å²) in [7, 11) is 0. The van der Waals surface area contributed by atoms with E-state index in [9.17, 15) is 6.85 Å². The number of pyridine rings is 3. The summed E-state index contributed by atoms with van der Waals surface area (Å²) in [6.45, 7) is 4.63. The molecule has 12 rings (SSSR count). The number of aromatic nitrogens is 3. The van der Waals surface area contributed by atoms with Gasteiger partial charge >= 0.3 is 0 Å². The van der Waals surface area contributed by atoms with Gasteiger partial charge in [0.05, 0.1) is 17.1 Å². The minimum absolute atomic E-state index is 0.182. The quantitative estimate of drug-likeness (QED) is 0.109. The summed E-state index contributed by atoms with van der Waals surface area (Å²) in [6.07, 6.45) is 13.0. The fraction of sp³-hybridized carbons (Fsp3) is 0.381. The first kappa shape index (κ1) is 37.4. The van der Waals surface area contributed by atoms with Crippen LogP contribution in [0.1, 0.15) is 132 Å². The third kappa shape index (κ3) is 9.20. The molecule has 7 aromatic rings. The van der Waals surface area contributed by atoms with Gasteiger partial charge in [-0.25, -0.2) is 0 Å². The zero-order valence-corrected chi connectivity index (χ0v) is 38.9. The number of hydrogen-bond donors (Lipinski definition) is 0. The molecule has 334 valence electrons. The van der Waals surface area contributed by atoms with Crippen LogP contribution in [-0.2, 0) is 19.3 Å². The zero-order valence-electron chi connectivity index (χ0n) is 43.9. The van der Waals surface area contributed by atoms with Crippen molar-refractivity contribution in [3.8, 4) is 44.9 Å². The minimum Gasteiger partial charge on any atom is -0.256 e. The van der Waals surface area contributed by atoms with E-state index in [4.69, 9.17) is 15.0 Å². The SMILES string of the molecule is [2H]C1(c2ccc(-c3cc(-c4ccccc4)ncc3CC([2H])([2H])C34CC5CC(CCc6ccc(-c7ccccc7)nc6)(CC(C([2H])([2H])Cc6ccc(-c7ccccc7)nc6)(C5)C3)C4)cc2)CCC(C)(C)CC1. The third-order valence-electron chi connectivity index (χ3n) is 16.1. The van der Waals surface area contributed by atoms with Crippen LogP contribution in [0.2, 0.25) is 0 Å². The van der Waals surface area contributed by atoms with Crippen molar-refractivity contribution >= 4 is 0 Å². The number of nitrogens with zero attached hydrogens (tertiary/aromatic N) is 3. The van der Waals surface area contributed by atoms with E-state index in [1.54, 1.807) is 0 Å². The van der Waals surface area contributed by atoms with E-state index in [0.29, 0.717) is 6.42 Å². The first-order chi connectivity index (χ1) is 34.0. The Morgan fingerprint density at radius 1 is 0.515 bits per heavy atom. The summed E-state index contributed by atoms with van der Waals surface area (Å²) < 4.78 is 51.0. The van der Waals surface area contributed by atoms with Crippen molar-refractivity contribution in [1.29, 1.82) is 0 Å². The normalized spacial score (nSPS) is 26.4. The first-order valence-electron chi connectivity index (χ1n) is 27.2. The number of benzene rings is 4. The standard InChI is InChI=1S/C63H67N3/c1-60(2)31-28-50(29-32-60)49-20-22-51(23-21-49)56-36-59(54-16-10-5-11-17-54)66-42-55(56)30-35-63-39-48-37-61(44-63,33-26-46-18-24-57(64-40-46)52-12-6-3-7-13-52)43-62(38-48,45-63)34-27-47-19-25-58(65-41-47)53-14-8-4-9-15-53/h3-25,36,40-42,48,50H,26-35,37-39,43-45H2,1-2H3/i33D2,35D2,50D. The van der Waals surface area contributed by atoms with Crippen LogP contribution in [0.15, 0.2) is 164 Å². The van der Waals surface area contributed by atoms with Gasteiger partial charge < -0.3 is 0 Å². The van der Waals surface area contributed by atoms with Gasteiger partial charge in [-0.05, 0) is 188 Å². The summed E-state index contributed by atoms with van der Waals surface area (Å²) in [5.74, 6) is -0.386. The first-order valence-corrected chi connectivity index (χ1v) is 24.7. The number of hydrogen-bond acceptors (Lipinski definition) is 3. The molecular formula is C63H67N3. The maximum Gasteiger partial charge on any atom is 0.0708 e. The largest absolute Gasteiger partial charge is 0.256 e. The fourth-order valence-electron chi connectivity index (χ4n) is 13.0. The van der Waals surface area contributed by atoms with E-state index < -0.39 is 29.5 Å². The lowest BCUT2D eigenvalue weighted by molar-refractivity contribution is -0.166. The predicted molar refractivity (Wildman–Crippen MR) is 273 cm³/mol. The molecule has 0 radical (unpaired) electrons. The van der Waals surface area contributed by atoms with Gasteiger partial charge in [0.15, 0.2) is 0 Å². The van der Waals surface area contributed by atoms with E-state index in [2.05, 4.69) is 92.7 Å². The molecule has 4 bridgehead atoms. The van der Waals surface area contributed by atoms with Crippen molar-refractivity contribution in [2.24, 2.45) is 27.6 Å². The van der Waals surface area contributed by atoms with Crippen LogP contribution in [0, 0.1) is 27.6 Å². The van der Waals surface area contributed by atoms with E-state index >= 15 is 0 Å². The molecule has 5 saturated carbocycles. The minimum atomic E-state index is -1.67. The highest BCUT2D eigenvalue weighted by Gasteiger charge is 2.62. The van der Waals surface area contributed by atoms with Gasteiger partial charge in [0.2, 0.25) is 0 Å². The highest BCUT2D eigenvalue weighted by molar-refractivity contribution is 5.73. The van der Waals surface area contributed by atoms with Crippen molar-refractivity contribution in [2.75, 3.05) is 0 Å². The second-order valence-electron chi connectivity index (χ2n) is 21.5. The molecule has 3 nitrogen and oxygen atoms in total. The molecule has 3 heteroatoms. The molecule has 5 aliphatic carbocycles. The Kier molecular flexibility index (Phi) is 10.1. The maximum atomic E-state index is 10.5. The zero-order chi connectivity index (χ0) is 49.1. The maximum absolute atomic E-state index is 10.5. The van der Waals surface area contributed by atoms with Crippen molar-refractivity contribution in [2.45, 2.75) is 122 Å². The highest BCUT2D eigenvalue weighted by atomic mass is 14.7. The molecule has 4 atom stereocenters. The van der Waals surface area contributed by atoms with E-state index in [-0.39, 0.29) is 29.6 Å². The van der Waals surface area contributed by atoms with Crippen LogP contribution in [0.25, 0.3) is 44.9 Å². The Balaban J connectivity index is 0.937. The summed E-state index contributed by atoms with van der Waals surface area (Å²) >= 11 is 0. The Morgan fingerprint density at radius 3 is 1.58 bits per heavy atom. The smallest absolute Gasteiger partial charge is 0.0708 e. The van der Waals surface area contributed by atoms with Crippen molar-refractivity contribution in [1.82, 2.24) is 15.0 Å². The number of aryl methyl sites for hydroxylation is 3. The lowest BCUT2D eigenvalue weighted by Gasteiger charge is -2.67. The predicted octanol–water partition coefficient (Wildman–Crippen LogP) is 16.4. The number of rotatable bonds is 14. The van der Waals surface area contributed by atoms with E-state index in [1.807, 2.05) is 85.3 Å². The molecule has 0 amide bonds. The van der Waals surface area contributed by atoms with Gasteiger partial charge in [-0.1, -0.05) is 141 Å². The van der Waals surface area contributed by atoms with Gasteiger partial charge in [-0.2, -0.15) is 0 Å². The molecule has 66 heavy (non-hydrogen) atoms. The van der Waals surface area contributed by atoms with Crippen LogP contribution in [0.3, 0.4) is 0 Å². The van der Waals surface area contributed by atoms with Crippen LogP contribution in [-0.4, -0.2) is 15.0 Å². The van der Waals surface area contributed by atoms with E-state index in [1.165, 1.54) is 5.56 Å². The average Bonchev–Trinajstić information content (AvgIpc) is 3.37. The van der Waals surface area contributed by atoms with Crippen molar-refractivity contribution < 1.29 is 6.85 Å². The Labute approximate surface area is 401 Å². The lowest BCUT2D eigenvalue weighted by atomic mass is 9.37. The molecule has 0 N–H and O–H groups in total. The molecule has 4 aromatic carbocycles. The fourth-order valence-corrected chi connectivity index (χ4v) is 13.0.